The van der Waals surface area contributed by atoms with Gasteiger partial charge in [0.1, 0.15) is 6.61 Å². The van der Waals surface area contributed by atoms with E-state index in [0.717, 1.165) is 12.1 Å². The first-order valence-corrected chi connectivity index (χ1v) is 4.98. The van der Waals surface area contributed by atoms with Crippen LogP contribution in [0.15, 0.2) is 24.3 Å². The standard InChI is InChI=1S/C12H17NO2.ClH/c1-10-4-6-11(7-5-10)12(14)15-9-8-13(2)3;/h4-7H,8-9H2,1-3H3;1H. The van der Waals surface area contributed by atoms with E-state index in [1.165, 1.54) is 0 Å². The number of hydrogen-bond acceptors (Lipinski definition) is 3. The highest BCUT2D eigenvalue weighted by Crippen LogP contribution is 2.04. The van der Waals surface area contributed by atoms with Gasteiger partial charge in [0.25, 0.3) is 0 Å². The third-order valence-corrected chi connectivity index (χ3v) is 2.06. The minimum Gasteiger partial charge on any atom is -0.461 e. The minimum atomic E-state index is -0.253. The van der Waals surface area contributed by atoms with Gasteiger partial charge in [-0.25, -0.2) is 4.79 Å². The maximum atomic E-state index is 11.5. The number of halogens is 1. The molecule has 0 aliphatic heterocycles. The van der Waals surface area contributed by atoms with Crippen molar-refractivity contribution in [3.05, 3.63) is 35.4 Å². The molecule has 3 nitrogen and oxygen atoms in total. The molecule has 1 aromatic carbocycles. The minimum absolute atomic E-state index is 0. The number of carbonyl (C=O) groups is 1. The van der Waals surface area contributed by atoms with E-state index in [0.29, 0.717) is 12.2 Å². The second kappa shape index (κ2) is 7.25. The molecule has 1 aromatic rings. The summed E-state index contributed by atoms with van der Waals surface area (Å²) in [5.74, 6) is -0.253. The molecule has 0 fully saturated rings. The van der Waals surface area contributed by atoms with Crippen LogP contribution >= 0.6 is 12.4 Å². The maximum Gasteiger partial charge on any atom is 0.338 e. The van der Waals surface area contributed by atoms with E-state index in [1.54, 1.807) is 12.1 Å². The summed E-state index contributed by atoms with van der Waals surface area (Å²) in [6.45, 7) is 3.17. The number of rotatable bonds is 4. The maximum absolute atomic E-state index is 11.5. The van der Waals surface area contributed by atoms with Gasteiger partial charge in [-0.2, -0.15) is 0 Å². The Hall–Kier alpha value is -1.06. The highest BCUT2D eigenvalue weighted by Gasteiger charge is 2.05. The van der Waals surface area contributed by atoms with Gasteiger partial charge in [-0.05, 0) is 33.2 Å². The van der Waals surface area contributed by atoms with E-state index < -0.39 is 0 Å². The van der Waals surface area contributed by atoms with Gasteiger partial charge in [-0.15, -0.1) is 12.4 Å². The van der Waals surface area contributed by atoms with Gasteiger partial charge < -0.3 is 9.64 Å². The second-order valence-electron chi connectivity index (χ2n) is 3.81. The molecule has 1 rings (SSSR count). The number of benzene rings is 1. The number of carbonyl (C=O) groups excluding carboxylic acids is 1. The summed E-state index contributed by atoms with van der Waals surface area (Å²) in [7, 11) is 3.89. The molecule has 0 atom stereocenters. The van der Waals surface area contributed by atoms with E-state index in [1.807, 2.05) is 38.1 Å². The SMILES string of the molecule is Cc1ccc(C(=O)OCCN(C)C)cc1.Cl. The quantitative estimate of drug-likeness (QED) is 0.759. The predicted octanol–water partition coefficient (Wildman–Crippen LogP) is 2.14. The molecule has 0 spiro atoms. The molecule has 0 saturated heterocycles. The lowest BCUT2D eigenvalue weighted by Crippen LogP contribution is -2.20. The summed E-state index contributed by atoms with van der Waals surface area (Å²) in [5, 5.41) is 0. The van der Waals surface area contributed by atoms with Crippen LogP contribution in [0.1, 0.15) is 15.9 Å². The fourth-order valence-electron chi connectivity index (χ4n) is 1.09. The highest BCUT2D eigenvalue weighted by molar-refractivity contribution is 5.89. The first kappa shape index (κ1) is 14.9. The Bertz CT molecular complexity index is 322. The van der Waals surface area contributed by atoms with Gasteiger partial charge in [0.15, 0.2) is 0 Å². The Morgan fingerprint density at radius 2 is 1.81 bits per heavy atom. The molecule has 0 saturated carbocycles. The number of nitrogens with zero attached hydrogens (tertiary/aromatic N) is 1. The summed E-state index contributed by atoms with van der Waals surface area (Å²) in [6, 6.07) is 7.38. The van der Waals surface area contributed by atoms with Gasteiger partial charge in [-0.3, -0.25) is 0 Å². The number of hydrogen-bond donors (Lipinski definition) is 0. The fraction of sp³-hybridized carbons (Fsp3) is 0.417. The van der Waals surface area contributed by atoms with Crippen LogP contribution in [0, 0.1) is 6.92 Å². The molecular weight excluding hydrogens is 226 g/mol. The van der Waals surface area contributed by atoms with Gasteiger partial charge in [-0.1, -0.05) is 17.7 Å². The number of aryl methyl sites for hydroxylation is 1. The topological polar surface area (TPSA) is 29.5 Å². The van der Waals surface area contributed by atoms with E-state index in [2.05, 4.69) is 0 Å². The fourth-order valence-corrected chi connectivity index (χ4v) is 1.09. The third kappa shape index (κ3) is 5.14. The van der Waals surface area contributed by atoms with Gasteiger partial charge in [0, 0.05) is 6.54 Å². The lowest BCUT2D eigenvalue weighted by atomic mass is 10.1. The van der Waals surface area contributed by atoms with Crippen LogP contribution in [-0.4, -0.2) is 38.1 Å². The van der Waals surface area contributed by atoms with E-state index in [9.17, 15) is 4.79 Å². The molecule has 0 bridgehead atoms. The molecule has 0 aromatic heterocycles. The summed E-state index contributed by atoms with van der Waals surface area (Å²) >= 11 is 0. The van der Waals surface area contributed by atoms with Gasteiger partial charge in [0.2, 0.25) is 0 Å². The molecule has 0 aliphatic rings. The van der Waals surface area contributed by atoms with Crippen molar-refractivity contribution in [1.29, 1.82) is 0 Å². The lowest BCUT2D eigenvalue weighted by Gasteiger charge is -2.09. The Morgan fingerprint density at radius 3 is 2.31 bits per heavy atom. The van der Waals surface area contributed by atoms with Crippen molar-refractivity contribution in [3.63, 3.8) is 0 Å². The normalized spacial score (nSPS) is 9.75. The van der Waals surface area contributed by atoms with Gasteiger partial charge in [0.05, 0.1) is 5.56 Å². The van der Waals surface area contributed by atoms with Crippen LogP contribution in [0.5, 0.6) is 0 Å². The van der Waals surface area contributed by atoms with Crippen LogP contribution in [-0.2, 0) is 4.74 Å². The van der Waals surface area contributed by atoms with Crippen molar-refractivity contribution in [2.45, 2.75) is 6.92 Å². The zero-order valence-electron chi connectivity index (χ0n) is 9.90. The zero-order chi connectivity index (χ0) is 11.3. The average molecular weight is 244 g/mol. The molecule has 90 valence electrons. The van der Waals surface area contributed by atoms with E-state index >= 15 is 0 Å². The van der Waals surface area contributed by atoms with Crippen molar-refractivity contribution < 1.29 is 9.53 Å². The Morgan fingerprint density at radius 1 is 1.25 bits per heavy atom. The summed E-state index contributed by atoms with van der Waals surface area (Å²) in [4.78, 5) is 13.5. The first-order valence-electron chi connectivity index (χ1n) is 4.98. The van der Waals surface area contributed by atoms with Crippen LogP contribution in [0.4, 0.5) is 0 Å². The van der Waals surface area contributed by atoms with Crippen LogP contribution in [0.3, 0.4) is 0 Å². The highest BCUT2D eigenvalue weighted by atomic mass is 35.5. The summed E-state index contributed by atoms with van der Waals surface area (Å²) in [6.07, 6.45) is 0. The van der Waals surface area contributed by atoms with Crippen molar-refractivity contribution in [2.75, 3.05) is 27.2 Å². The molecule has 0 aliphatic carbocycles. The number of esters is 1. The molecular formula is C12H18ClNO2. The lowest BCUT2D eigenvalue weighted by molar-refractivity contribution is 0.0482. The van der Waals surface area contributed by atoms with Crippen LogP contribution < -0.4 is 0 Å². The van der Waals surface area contributed by atoms with Crippen molar-refractivity contribution in [3.8, 4) is 0 Å². The number of likely N-dealkylation sites (N-methyl/N-ethyl adjacent to an activating group) is 1. The first-order chi connectivity index (χ1) is 7.09. The largest absolute Gasteiger partial charge is 0.461 e. The van der Waals surface area contributed by atoms with Crippen molar-refractivity contribution >= 4 is 18.4 Å². The second-order valence-corrected chi connectivity index (χ2v) is 3.81. The predicted molar refractivity (Wildman–Crippen MR) is 67.3 cm³/mol. The Labute approximate surface area is 103 Å². The van der Waals surface area contributed by atoms with E-state index in [4.69, 9.17) is 4.74 Å². The number of ether oxygens (including phenoxy) is 1. The van der Waals surface area contributed by atoms with Crippen molar-refractivity contribution in [1.82, 2.24) is 4.90 Å². The molecule has 0 heterocycles. The smallest absolute Gasteiger partial charge is 0.338 e. The van der Waals surface area contributed by atoms with Gasteiger partial charge >= 0.3 is 5.97 Å². The monoisotopic (exact) mass is 243 g/mol. The molecule has 0 radical (unpaired) electrons. The molecule has 0 amide bonds. The van der Waals surface area contributed by atoms with E-state index in [-0.39, 0.29) is 18.4 Å². The molecule has 0 N–H and O–H groups in total. The van der Waals surface area contributed by atoms with Crippen LogP contribution in [0.25, 0.3) is 0 Å². The molecule has 4 heteroatoms. The summed E-state index contributed by atoms with van der Waals surface area (Å²) < 4.78 is 5.10. The summed E-state index contributed by atoms with van der Waals surface area (Å²) in [5.41, 5.74) is 1.75. The Balaban J connectivity index is 0.00000225. The Kier molecular flexibility index (Phi) is 6.77. The molecule has 16 heavy (non-hydrogen) atoms. The third-order valence-electron chi connectivity index (χ3n) is 2.06. The molecule has 0 unspecified atom stereocenters. The van der Waals surface area contributed by atoms with Crippen LogP contribution in [0.2, 0.25) is 0 Å². The zero-order valence-corrected chi connectivity index (χ0v) is 10.7. The van der Waals surface area contributed by atoms with Crippen molar-refractivity contribution in [2.24, 2.45) is 0 Å². The average Bonchev–Trinajstić information content (AvgIpc) is 2.18.